The summed E-state index contributed by atoms with van der Waals surface area (Å²) in [5.74, 6) is 5.71. The number of nitrogens with one attached hydrogen (secondary N) is 1. The van der Waals surface area contributed by atoms with Crippen molar-refractivity contribution in [2.24, 2.45) is 19.9 Å². The fraction of sp³-hybridized carbons (Fsp3) is 0.500. The molecular formula is C12H19BrN6. The summed E-state index contributed by atoms with van der Waals surface area (Å²) in [6.45, 7) is 3.97. The summed E-state index contributed by atoms with van der Waals surface area (Å²) in [6, 6.07) is 0.0137. The van der Waals surface area contributed by atoms with Crippen LogP contribution in [0.2, 0.25) is 0 Å². The van der Waals surface area contributed by atoms with Crippen LogP contribution in [0.3, 0.4) is 0 Å². The third-order valence-electron chi connectivity index (χ3n) is 3.29. The smallest absolute Gasteiger partial charge is 0.0738 e. The molecule has 2 rings (SSSR count). The lowest BCUT2D eigenvalue weighted by Crippen LogP contribution is -2.30. The molecule has 0 aliphatic heterocycles. The van der Waals surface area contributed by atoms with Crippen LogP contribution in [0.5, 0.6) is 0 Å². The molecule has 0 aliphatic carbocycles. The first-order valence-electron chi connectivity index (χ1n) is 6.08. The maximum Gasteiger partial charge on any atom is 0.0738 e. The number of hydrazine groups is 1. The van der Waals surface area contributed by atoms with Crippen LogP contribution in [0, 0.1) is 13.8 Å². The van der Waals surface area contributed by atoms with Crippen molar-refractivity contribution in [3.05, 3.63) is 33.3 Å². The Morgan fingerprint density at radius 1 is 1.32 bits per heavy atom. The van der Waals surface area contributed by atoms with Gasteiger partial charge in [-0.25, -0.2) is 0 Å². The fourth-order valence-electron chi connectivity index (χ4n) is 2.31. The van der Waals surface area contributed by atoms with E-state index in [1.165, 1.54) is 0 Å². The van der Waals surface area contributed by atoms with Crippen molar-refractivity contribution in [2.75, 3.05) is 0 Å². The quantitative estimate of drug-likeness (QED) is 0.655. The molecule has 2 aromatic rings. The normalized spacial score (nSPS) is 12.9. The molecule has 1 atom stereocenters. The standard InChI is InChI=1S/C12H19BrN6/c1-7-9(6-18(3)16-7)10(15-14)5-11-12(13)8(2)17-19(11)4/h6,10,15H,5,14H2,1-4H3. The van der Waals surface area contributed by atoms with Crippen molar-refractivity contribution in [2.45, 2.75) is 26.3 Å². The summed E-state index contributed by atoms with van der Waals surface area (Å²) < 4.78 is 4.73. The molecule has 2 aromatic heterocycles. The molecule has 104 valence electrons. The van der Waals surface area contributed by atoms with Gasteiger partial charge in [-0.05, 0) is 29.8 Å². The maximum atomic E-state index is 5.71. The Morgan fingerprint density at radius 2 is 2.00 bits per heavy atom. The summed E-state index contributed by atoms with van der Waals surface area (Å²) in [6.07, 6.45) is 2.75. The first-order chi connectivity index (χ1) is 8.93. The van der Waals surface area contributed by atoms with Crippen molar-refractivity contribution in [1.82, 2.24) is 25.0 Å². The Labute approximate surface area is 121 Å². The van der Waals surface area contributed by atoms with Gasteiger partial charge in [-0.2, -0.15) is 10.2 Å². The number of aryl methyl sites for hydroxylation is 4. The van der Waals surface area contributed by atoms with E-state index in [-0.39, 0.29) is 6.04 Å². The lowest BCUT2D eigenvalue weighted by Gasteiger charge is -2.15. The monoisotopic (exact) mass is 326 g/mol. The minimum atomic E-state index is 0.0137. The molecule has 0 bridgehead atoms. The maximum absolute atomic E-state index is 5.71. The number of hydrogen-bond donors (Lipinski definition) is 2. The minimum absolute atomic E-state index is 0.0137. The van der Waals surface area contributed by atoms with Gasteiger partial charge in [0, 0.05) is 32.3 Å². The molecule has 3 N–H and O–H groups in total. The number of nitrogens with zero attached hydrogens (tertiary/aromatic N) is 4. The number of rotatable bonds is 4. The van der Waals surface area contributed by atoms with Gasteiger partial charge in [0.15, 0.2) is 0 Å². The molecule has 0 aliphatic rings. The van der Waals surface area contributed by atoms with Gasteiger partial charge in [-0.15, -0.1) is 0 Å². The second-order valence-electron chi connectivity index (χ2n) is 4.74. The van der Waals surface area contributed by atoms with Crippen LogP contribution in [-0.4, -0.2) is 19.6 Å². The first-order valence-corrected chi connectivity index (χ1v) is 6.87. The van der Waals surface area contributed by atoms with Gasteiger partial charge in [0.25, 0.3) is 0 Å². The molecule has 0 aromatic carbocycles. The summed E-state index contributed by atoms with van der Waals surface area (Å²) in [5.41, 5.74) is 7.06. The van der Waals surface area contributed by atoms with Gasteiger partial charge >= 0.3 is 0 Å². The lowest BCUT2D eigenvalue weighted by molar-refractivity contribution is 0.526. The fourth-order valence-corrected chi connectivity index (χ4v) is 2.81. The van der Waals surface area contributed by atoms with Crippen LogP contribution in [-0.2, 0) is 20.5 Å². The molecule has 0 spiro atoms. The molecule has 0 amide bonds. The van der Waals surface area contributed by atoms with Crippen LogP contribution in [0.15, 0.2) is 10.7 Å². The zero-order chi connectivity index (χ0) is 14.2. The largest absolute Gasteiger partial charge is 0.275 e. The average Bonchev–Trinajstić information content (AvgIpc) is 2.79. The highest BCUT2D eigenvalue weighted by Gasteiger charge is 2.20. The van der Waals surface area contributed by atoms with Gasteiger partial charge in [-0.1, -0.05) is 0 Å². The highest BCUT2D eigenvalue weighted by molar-refractivity contribution is 9.10. The Kier molecular flexibility index (Phi) is 4.07. The van der Waals surface area contributed by atoms with E-state index in [2.05, 4.69) is 31.6 Å². The lowest BCUT2D eigenvalue weighted by atomic mass is 10.0. The van der Waals surface area contributed by atoms with Crippen LogP contribution in [0.25, 0.3) is 0 Å². The molecule has 0 saturated heterocycles. The summed E-state index contributed by atoms with van der Waals surface area (Å²) >= 11 is 3.58. The van der Waals surface area contributed by atoms with Crippen molar-refractivity contribution < 1.29 is 0 Å². The van der Waals surface area contributed by atoms with E-state index < -0.39 is 0 Å². The Hall–Kier alpha value is -1.18. The molecule has 2 heterocycles. The molecule has 1 unspecified atom stereocenters. The summed E-state index contributed by atoms with van der Waals surface area (Å²) in [7, 11) is 3.85. The second-order valence-corrected chi connectivity index (χ2v) is 5.53. The molecule has 6 nitrogen and oxygen atoms in total. The topological polar surface area (TPSA) is 73.7 Å². The number of aromatic nitrogens is 4. The SMILES string of the molecule is Cc1nn(C)cc1C(Cc1c(Br)c(C)nn1C)NN. The first kappa shape index (κ1) is 14.2. The van der Waals surface area contributed by atoms with E-state index in [9.17, 15) is 0 Å². The van der Waals surface area contributed by atoms with E-state index >= 15 is 0 Å². The van der Waals surface area contributed by atoms with Crippen LogP contribution < -0.4 is 11.3 Å². The molecular weight excluding hydrogens is 308 g/mol. The second kappa shape index (κ2) is 5.44. The van der Waals surface area contributed by atoms with Gasteiger partial charge in [0.2, 0.25) is 0 Å². The predicted octanol–water partition coefficient (Wildman–Crippen LogP) is 1.28. The van der Waals surface area contributed by atoms with Crippen molar-refractivity contribution in [1.29, 1.82) is 0 Å². The van der Waals surface area contributed by atoms with Gasteiger partial charge < -0.3 is 0 Å². The Balaban J connectivity index is 2.31. The van der Waals surface area contributed by atoms with E-state index in [1.54, 1.807) is 4.68 Å². The average molecular weight is 327 g/mol. The van der Waals surface area contributed by atoms with Crippen LogP contribution in [0.1, 0.15) is 28.7 Å². The van der Waals surface area contributed by atoms with E-state index in [4.69, 9.17) is 5.84 Å². The van der Waals surface area contributed by atoms with Crippen LogP contribution in [0.4, 0.5) is 0 Å². The van der Waals surface area contributed by atoms with Gasteiger partial charge in [0.05, 0.1) is 27.6 Å². The van der Waals surface area contributed by atoms with E-state index in [0.717, 1.165) is 33.5 Å². The van der Waals surface area contributed by atoms with Crippen LogP contribution >= 0.6 is 15.9 Å². The van der Waals surface area contributed by atoms with E-state index in [0.29, 0.717) is 0 Å². The molecule has 7 heteroatoms. The van der Waals surface area contributed by atoms with Gasteiger partial charge in [0.1, 0.15) is 0 Å². The number of nitrogens with two attached hydrogens (primary N) is 1. The van der Waals surface area contributed by atoms with Crippen molar-refractivity contribution in [3.8, 4) is 0 Å². The zero-order valence-corrected chi connectivity index (χ0v) is 13.2. The van der Waals surface area contributed by atoms with E-state index in [1.807, 2.05) is 38.8 Å². The van der Waals surface area contributed by atoms with Crippen molar-refractivity contribution in [3.63, 3.8) is 0 Å². The highest BCUT2D eigenvalue weighted by atomic mass is 79.9. The summed E-state index contributed by atoms with van der Waals surface area (Å²) in [4.78, 5) is 0. The molecule has 0 radical (unpaired) electrons. The zero-order valence-electron chi connectivity index (χ0n) is 11.6. The third-order valence-corrected chi connectivity index (χ3v) is 4.32. The highest BCUT2D eigenvalue weighted by Crippen LogP contribution is 2.26. The molecule has 19 heavy (non-hydrogen) atoms. The van der Waals surface area contributed by atoms with Gasteiger partial charge in [-0.3, -0.25) is 20.6 Å². The Bertz CT molecular complexity index is 585. The van der Waals surface area contributed by atoms with Crippen molar-refractivity contribution >= 4 is 15.9 Å². The molecule has 0 fully saturated rings. The minimum Gasteiger partial charge on any atom is -0.275 e. The Morgan fingerprint density at radius 3 is 2.42 bits per heavy atom. The number of hydrogen-bond acceptors (Lipinski definition) is 4. The molecule has 0 saturated carbocycles. The number of halogens is 1. The third kappa shape index (κ3) is 2.72. The summed E-state index contributed by atoms with van der Waals surface area (Å²) in [5, 5.41) is 8.76. The predicted molar refractivity (Wildman–Crippen MR) is 77.4 cm³/mol.